The van der Waals surface area contributed by atoms with E-state index < -0.39 is 0 Å². The minimum Gasteiger partial charge on any atom is -0.270 e. The van der Waals surface area contributed by atoms with Gasteiger partial charge < -0.3 is 0 Å². The smallest absolute Gasteiger partial charge is 0.0916 e. The fraction of sp³-hybridized carbons (Fsp3) is 0.300. The summed E-state index contributed by atoms with van der Waals surface area (Å²) >= 11 is 0. The van der Waals surface area contributed by atoms with Crippen molar-refractivity contribution in [3.8, 4) is 11.3 Å². The van der Waals surface area contributed by atoms with Crippen LogP contribution in [0.3, 0.4) is 0 Å². The summed E-state index contributed by atoms with van der Waals surface area (Å²) < 4.78 is 1.91. The minimum absolute atomic E-state index is 0.375. The summed E-state index contributed by atoms with van der Waals surface area (Å²) in [5.41, 5.74) is 1.87. The second-order valence-electron chi connectivity index (χ2n) is 3.39. The van der Waals surface area contributed by atoms with Crippen molar-refractivity contribution in [3.63, 3.8) is 0 Å². The van der Waals surface area contributed by atoms with Crippen molar-refractivity contribution in [3.05, 3.63) is 31.0 Å². The lowest BCUT2D eigenvalue weighted by atomic mass is 10.3. The van der Waals surface area contributed by atoms with Crippen LogP contribution in [0.1, 0.15) is 19.9 Å². The Morgan fingerprint density at radius 1 is 1.21 bits per heavy atom. The summed E-state index contributed by atoms with van der Waals surface area (Å²) in [5, 5.41) is 4.24. The van der Waals surface area contributed by atoms with E-state index in [9.17, 15) is 0 Å². The number of hydrogen-bond donors (Lipinski definition) is 0. The molecule has 72 valence electrons. The minimum atomic E-state index is 0.375. The first kappa shape index (κ1) is 8.87. The van der Waals surface area contributed by atoms with Gasteiger partial charge in [0, 0.05) is 30.2 Å². The largest absolute Gasteiger partial charge is 0.270 e. The lowest BCUT2D eigenvalue weighted by molar-refractivity contribution is 0.532. The maximum absolute atomic E-state index is 4.24. The molecule has 0 bridgehead atoms. The summed E-state index contributed by atoms with van der Waals surface area (Å²) in [4.78, 5) is 8.22. The molecule has 4 heteroatoms. The van der Waals surface area contributed by atoms with Crippen LogP contribution in [0.2, 0.25) is 0 Å². The van der Waals surface area contributed by atoms with Crippen LogP contribution >= 0.6 is 0 Å². The molecule has 0 spiro atoms. The van der Waals surface area contributed by atoms with Crippen LogP contribution in [-0.4, -0.2) is 19.7 Å². The van der Waals surface area contributed by atoms with Gasteiger partial charge >= 0.3 is 0 Å². The van der Waals surface area contributed by atoms with Crippen LogP contribution in [0.4, 0.5) is 0 Å². The Morgan fingerprint density at radius 2 is 2.07 bits per heavy atom. The summed E-state index contributed by atoms with van der Waals surface area (Å²) in [6.45, 7) is 4.18. The van der Waals surface area contributed by atoms with Crippen molar-refractivity contribution in [1.29, 1.82) is 0 Å². The van der Waals surface area contributed by atoms with Crippen LogP contribution in [0, 0.1) is 0 Å². The third kappa shape index (κ3) is 1.64. The van der Waals surface area contributed by atoms with Crippen LogP contribution in [0.5, 0.6) is 0 Å². The van der Waals surface area contributed by atoms with Gasteiger partial charge in [-0.15, -0.1) is 0 Å². The molecule has 0 aromatic carbocycles. The monoisotopic (exact) mass is 188 g/mol. The molecule has 0 amide bonds. The van der Waals surface area contributed by atoms with Gasteiger partial charge in [-0.05, 0) is 13.8 Å². The molecule has 2 aromatic rings. The van der Waals surface area contributed by atoms with E-state index in [0.29, 0.717) is 6.04 Å². The molecule has 2 heterocycles. The van der Waals surface area contributed by atoms with Crippen molar-refractivity contribution in [2.75, 3.05) is 0 Å². The second kappa shape index (κ2) is 3.57. The van der Waals surface area contributed by atoms with Gasteiger partial charge in [-0.3, -0.25) is 14.6 Å². The molecule has 0 saturated carbocycles. The fourth-order valence-electron chi connectivity index (χ4n) is 1.20. The van der Waals surface area contributed by atoms with E-state index in [-0.39, 0.29) is 0 Å². The second-order valence-corrected chi connectivity index (χ2v) is 3.39. The quantitative estimate of drug-likeness (QED) is 0.723. The summed E-state index contributed by atoms with van der Waals surface area (Å²) in [6.07, 6.45) is 8.87. The molecule has 2 rings (SSSR count). The molecule has 0 aliphatic rings. The van der Waals surface area contributed by atoms with Crippen molar-refractivity contribution in [1.82, 2.24) is 19.7 Å². The SMILES string of the molecule is CC(C)n1cc(-c2cnccn2)cn1. The van der Waals surface area contributed by atoms with Crippen LogP contribution in [0.15, 0.2) is 31.0 Å². The van der Waals surface area contributed by atoms with Crippen molar-refractivity contribution in [2.24, 2.45) is 0 Å². The molecule has 0 atom stereocenters. The predicted molar refractivity (Wildman–Crippen MR) is 53.6 cm³/mol. The van der Waals surface area contributed by atoms with Gasteiger partial charge in [-0.2, -0.15) is 5.10 Å². The molecule has 0 N–H and O–H groups in total. The molecule has 4 nitrogen and oxygen atoms in total. The molecule has 0 aliphatic carbocycles. The maximum atomic E-state index is 4.24. The average molecular weight is 188 g/mol. The number of hydrogen-bond acceptors (Lipinski definition) is 3. The zero-order valence-electron chi connectivity index (χ0n) is 8.25. The van der Waals surface area contributed by atoms with E-state index in [1.54, 1.807) is 18.6 Å². The third-order valence-corrected chi connectivity index (χ3v) is 1.99. The van der Waals surface area contributed by atoms with E-state index >= 15 is 0 Å². The van der Waals surface area contributed by atoms with Gasteiger partial charge in [0.25, 0.3) is 0 Å². The first-order valence-corrected chi connectivity index (χ1v) is 4.58. The Balaban J connectivity index is 2.34. The predicted octanol–water partition coefficient (Wildman–Crippen LogP) is 1.92. The lowest BCUT2D eigenvalue weighted by Gasteiger charge is -2.02. The van der Waals surface area contributed by atoms with E-state index in [2.05, 4.69) is 28.9 Å². The summed E-state index contributed by atoms with van der Waals surface area (Å²) in [6, 6.07) is 0.375. The van der Waals surface area contributed by atoms with Crippen molar-refractivity contribution in [2.45, 2.75) is 19.9 Å². The first-order valence-electron chi connectivity index (χ1n) is 4.58. The topological polar surface area (TPSA) is 43.6 Å². The fourth-order valence-corrected chi connectivity index (χ4v) is 1.20. The Morgan fingerprint density at radius 3 is 2.64 bits per heavy atom. The van der Waals surface area contributed by atoms with Gasteiger partial charge in [-0.25, -0.2) is 0 Å². The molecule has 0 unspecified atom stereocenters. The van der Waals surface area contributed by atoms with E-state index in [4.69, 9.17) is 0 Å². The molecule has 0 fully saturated rings. The zero-order chi connectivity index (χ0) is 9.97. The first-order chi connectivity index (χ1) is 6.77. The highest BCUT2D eigenvalue weighted by Gasteiger charge is 2.04. The Labute approximate surface area is 82.6 Å². The zero-order valence-corrected chi connectivity index (χ0v) is 8.25. The summed E-state index contributed by atoms with van der Waals surface area (Å²) in [5.74, 6) is 0. The molecule has 0 radical (unpaired) electrons. The van der Waals surface area contributed by atoms with Gasteiger partial charge in [0.05, 0.1) is 18.1 Å². The Kier molecular flexibility index (Phi) is 2.26. The normalized spacial score (nSPS) is 10.8. The summed E-state index contributed by atoms with van der Waals surface area (Å²) in [7, 11) is 0. The van der Waals surface area contributed by atoms with Gasteiger partial charge in [0.1, 0.15) is 0 Å². The lowest BCUT2D eigenvalue weighted by Crippen LogP contribution is -1.99. The van der Waals surface area contributed by atoms with Gasteiger partial charge in [0.15, 0.2) is 0 Å². The van der Waals surface area contributed by atoms with Crippen molar-refractivity contribution >= 4 is 0 Å². The maximum Gasteiger partial charge on any atom is 0.0916 e. The molecule has 14 heavy (non-hydrogen) atoms. The third-order valence-electron chi connectivity index (χ3n) is 1.99. The highest BCUT2D eigenvalue weighted by atomic mass is 15.3. The molecular formula is C10H12N4. The van der Waals surface area contributed by atoms with Crippen LogP contribution in [0.25, 0.3) is 11.3 Å². The van der Waals surface area contributed by atoms with Gasteiger partial charge in [0.2, 0.25) is 0 Å². The molecule has 0 saturated heterocycles. The molecule has 2 aromatic heterocycles. The molecular weight excluding hydrogens is 176 g/mol. The van der Waals surface area contributed by atoms with Crippen molar-refractivity contribution < 1.29 is 0 Å². The number of aromatic nitrogens is 4. The Hall–Kier alpha value is -1.71. The molecule has 0 aliphatic heterocycles. The Bertz CT molecular complexity index is 405. The van der Waals surface area contributed by atoms with Crippen LogP contribution in [-0.2, 0) is 0 Å². The highest BCUT2D eigenvalue weighted by molar-refractivity contribution is 5.55. The number of rotatable bonds is 2. The van der Waals surface area contributed by atoms with E-state index in [1.807, 2.05) is 17.1 Å². The highest BCUT2D eigenvalue weighted by Crippen LogP contribution is 2.15. The van der Waals surface area contributed by atoms with Gasteiger partial charge in [-0.1, -0.05) is 0 Å². The van der Waals surface area contributed by atoms with Crippen LogP contribution < -0.4 is 0 Å². The standard InChI is InChI=1S/C10H12N4/c1-8(2)14-7-9(5-13-14)10-6-11-3-4-12-10/h3-8H,1-2H3. The number of nitrogens with zero attached hydrogens (tertiary/aromatic N) is 4. The van der Waals surface area contributed by atoms with E-state index in [0.717, 1.165) is 11.3 Å². The average Bonchev–Trinajstić information content (AvgIpc) is 2.68. The van der Waals surface area contributed by atoms with E-state index in [1.165, 1.54) is 0 Å².